The van der Waals surface area contributed by atoms with Gasteiger partial charge < -0.3 is 39.9 Å². The molecule has 61 heavy (non-hydrogen) atoms. The van der Waals surface area contributed by atoms with Crippen LogP contribution in [0.15, 0.2) is 36.5 Å². The SMILES string of the molecule is CC/C=C\C/C=C\C/C=C\CCCCCCCC(=O)OC(COC(=O)CCCCCCCCCCCCCCCCCCC)COP(=O)(O)OC1C(O)C(O)C(O)C(O)C1O. The molecule has 0 aromatic rings. The minimum Gasteiger partial charge on any atom is -0.462 e. The van der Waals surface area contributed by atoms with Crippen LogP contribution in [0, 0.1) is 0 Å². The van der Waals surface area contributed by atoms with Gasteiger partial charge in [-0.3, -0.25) is 18.6 Å². The Morgan fingerprint density at radius 3 is 1.43 bits per heavy atom. The van der Waals surface area contributed by atoms with E-state index in [0.717, 1.165) is 70.6 Å². The lowest BCUT2D eigenvalue weighted by molar-refractivity contribution is -0.220. The summed E-state index contributed by atoms with van der Waals surface area (Å²) in [5, 5.41) is 50.2. The van der Waals surface area contributed by atoms with Crippen molar-refractivity contribution in [1.82, 2.24) is 0 Å². The van der Waals surface area contributed by atoms with Crippen molar-refractivity contribution in [3.8, 4) is 0 Å². The fourth-order valence-corrected chi connectivity index (χ4v) is 8.16. The third kappa shape index (κ3) is 30.0. The van der Waals surface area contributed by atoms with Crippen LogP contribution in [0.25, 0.3) is 0 Å². The van der Waals surface area contributed by atoms with E-state index >= 15 is 0 Å². The molecule has 13 nitrogen and oxygen atoms in total. The number of phosphoric ester groups is 1. The van der Waals surface area contributed by atoms with Gasteiger partial charge in [-0.05, 0) is 44.9 Å². The van der Waals surface area contributed by atoms with Gasteiger partial charge in [0.05, 0.1) is 6.61 Å². The predicted octanol–water partition coefficient (Wildman–Crippen LogP) is 9.39. The first-order chi connectivity index (χ1) is 29.4. The highest BCUT2D eigenvalue weighted by molar-refractivity contribution is 7.47. The zero-order valence-corrected chi connectivity index (χ0v) is 38.6. The standard InChI is InChI=1S/C47H85O13P/c1-3-5-7-9-11-13-15-17-19-20-22-23-25-27-29-31-33-35-40(48)57-37-39(38-58-61(55,56)60-47-45(53)43(51)42(50)44(52)46(47)54)59-41(49)36-34-32-30-28-26-24-21-18-16-14-12-10-8-6-4-2/h6,8,12,14,18,21,39,42-47,50-54H,3-5,7,9-11,13,15-17,19-20,22-38H2,1-2H3,(H,55,56)/b8-6-,14-12-,21-18-. The second-order valence-corrected chi connectivity index (χ2v) is 18.0. The second kappa shape index (κ2) is 37.4. The molecule has 14 heteroatoms. The molecule has 0 heterocycles. The molecule has 1 aliphatic carbocycles. The van der Waals surface area contributed by atoms with E-state index < -0.39 is 75.7 Å². The Hall–Kier alpha value is -1.93. The highest BCUT2D eigenvalue weighted by Gasteiger charge is 2.51. The minimum absolute atomic E-state index is 0.0786. The molecule has 0 saturated heterocycles. The number of carbonyl (C=O) groups is 2. The minimum atomic E-state index is -5.12. The molecule has 6 atom stereocenters. The summed E-state index contributed by atoms with van der Waals surface area (Å²) in [6.07, 6.45) is 29.1. The summed E-state index contributed by atoms with van der Waals surface area (Å²) in [7, 11) is -5.12. The topological polar surface area (TPSA) is 210 Å². The number of rotatable bonds is 39. The number of aliphatic hydroxyl groups is 5. The Balaban J connectivity index is 2.44. The van der Waals surface area contributed by atoms with Crippen LogP contribution in [-0.4, -0.2) is 98.3 Å². The molecule has 6 unspecified atom stereocenters. The number of hydrogen-bond donors (Lipinski definition) is 6. The normalized spacial score (nSPS) is 22.3. The Labute approximate surface area is 368 Å². The van der Waals surface area contributed by atoms with Gasteiger partial charge >= 0.3 is 19.8 Å². The number of esters is 2. The maximum atomic E-state index is 12.8. The van der Waals surface area contributed by atoms with Crippen LogP contribution >= 0.6 is 7.82 Å². The Kier molecular flexibility index (Phi) is 35.0. The van der Waals surface area contributed by atoms with Crippen LogP contribution in [0.2, 0.25) is 0 Å². The average molecular weight is 889 g/mol. The highest BCUT2D eigenvalue weighted by Crippen LogP contribution is 2.47. The first-order valence-corrected chi connectivity index (χ1v) is 25.3. The van der Waals surface area contributed by atoms with Crippen molar-refractivity contribution < 1.29 is 63.1 Å². The van der Waals surface area contributed by atoms with Crippen molar-refractivity contribution in [2.45, 2.75) is 236 Å². The lowest BCUT2D eigenvalue weighted by Gasteiger charge is -2.41. The third-order valence-corrected chi connectivity index (χ3v) is 12.0. The van der Waals surface area contributed by atoms with Gasteiger partial charge in [0, 0.05) is 12.8 Å². The summed E-state index contributed by atoms with van der Waals surface area (Å²) in [5.74, 6) is -1.11. The Morgan fingerprint density at radius 1 is 0.525 bits per heavy atom. The molecule has 0 bridgehead atoms. The van der Waals surface area contributed by atoms with Crippen LogP contribution in [0.1, 0.15) is 194 Å². The molecule has 0 aromatic heterocycles. The van der Waals surface area contributed by atoms with E-state index in [2.05, 4.69) is 50.3 Å². The third-order valence-electron chi connectivity index (χ3n) is 11.0. The number of hydrogen-bond acceptors (Lipinski definition) is 12. The molecular formula is C47H85O13P. The van der Waals surface area contributed by atoms with Gasteiger partial charge in [0.1, 0.15) is 43.2 Å². The van der Waals surface area contributed by atoms with Crippen molar-refractivity contribution in [3.05, 3.63) is 36.5 Å². The summed E-state index contributed by atoms with van der Waals surface area (Å²) in [6, 6.07) is 0. The van der Waals surface area contributed by atoms with Crippen LogP contribution < -0.4 is 0 Å². The summed E-state index contributed by atoms with van der Waals surface area (Å²) in [4.78, 5) is 35.7. The molecular weight excluding hydrogens is 803 g/mol. The number of unbranched alkanes of at least 4 members (excludes halogenated alkanes) is 21. The predicted molar refractivity (Wildman–Crippen MR) is 240 cm³/mol. The molecule has 356 valence electrons. The Bertz CT molecular complexity index is 1210. The van der Waals surface area contributed by atoms with E-state index in [1.807, 2.05) is 0 Å². The van der Waals surface area contributed by atoms with Gasteiger partial charge in [-0.25, -0.2) is 4.57 Å². The van der Waals surface area contributed by atoms with Crippen LogP contribution in [0.5, 0.6) is 0 Å². The smallest absolute Gasteiger partial charge is 0.462 e. The molecule has 1 fully saturated rings. The lowest BCUT2D eigenvalue weighted by Crippen LogP contribution is -2.64. The van der Waals surface area contributed by atoms with Crippen molar-refractivity contribution in [1.29, 1.82) is 0 Å². The maximum Gasteiger partial charge on any atom is 0.472 e. The second-order valence-electron chi connectivity index (χ2n) is 16.6. The van der Waals surface area contributed by atoms with Gasteiger partial charge in [0.25, 0.3) is 0 Å². The fourth-order valence-electron chi connectivity index (χ4n) is 7.18. The summed E-state index contributed by atoms with van der Waals surface area (Å²) < 4.78 is 33.5. The molecule has 0 spiro atoms. The molecule has 0 aliphatic heterocycles. The number of phosphoric acid groups is 1. The van der Waals surface area contributed by atoms with E-state index in [1.165, 1.54) is 83.5 Å². The molecule has 0 aromatic carbocycles. The number of allylic oxidation sites excluding steroid dienone is 6. The van der Waals surface area contributed by atoms with Gasteiger partial charge in [-0.15, -0.1) is 0 Å². The van der Waals surface area contributed by atoms with Crippen molar-refractivity contribution >= 4 is 19.8 Å². The molecule has 0 amide bonds. The van der Waals surface area contributed by atoms with Gasteiger partial charge in [-0.1, -0.05) is 172 Å². The van der Waals surface area contributed by atoms with Crippen molar-refractivity contribution in [3.63, 3.8) is 0 Å². The fraction of sp³-hybridized carbons (Fsp3) is 0.830. The molecule has 0 radical (unpaired) electrons. The molecule has 6 N–H and O–H groups in total. The summed E-state index contributed by atoms with van der Waals surface area (Å²) in [5.41, 5.74) is 0. The van der Waals surface area contributed by atoms with Crippen LogP contribution in [0.4, 0.5) is 0 Å². The summed E-state index contributed by atoms with van der Waals surface area (Å²) >= 11 is 0. The van der Waals surface area contributed by atoms with Gasteiger partial charge in [-0.2, -0.15) is 0 Å². The van der Waals surface area contributed by atoms with Crippen molar-refractivity contribution in [2.75, 3.05) is 13.2 Å². The largest absolute Gasteiger partial charge is 0.472 e. The van der Waals surface area contributed by atoms with Gasteiger partial charge in [0.2, 0.25) is 0 Å². The quantitative estimate of drug-likeness (QED) is 0.0147. The first kappa shape index (κ1) is 57.1. The monoisotopic (exact) mass is 889 g/mol. The van der Waals surface area contributed by atoms with Crippen LogP contribution in [0.3, 0.4) is 0 Å². The maximum absolute atomic E-state index is 12.8. The summed E-state index contributed by atoms with van der Waals surface area (Å²) in [6.45, 7) is 3.19. The number of carbonyl (C=O) groups excluding carboxylic acids is 2. The zero-order chi connectivity index (χ0) is 45.0. The van der Waals surface area contributed by atoms with E-state index in [-0.39, 0.29) is 12.8 Å². The van der Waals surface area contributed by atoms with Crippen molar-refractivity contribution in [2.24, 2.45) is 0 Å². The molecule has 1 saturated carbocycles. The zero-order valence-electron chi connectivity index (χ0n) is 37.7. The average Bonchev–Trinajstić information content (AvgIpc) is 3.24. The molecule has 1 aliphatic rings. The lowest BCUT2D eigenvalue weighted by atomic mass is 9.85. The Morgan fingerprint density at radius 2 is 0.934 bits per heavy atom. The first-order valence-electron chi connectivity index (χ1n) is 23.8. The van der Waals surface area contributed by atoms with E-state index in [1.54, 1.807) is 0 Å². The van der Waals surface area contributed by atoms with Crippen LogP contribution in [-0.2, 0) is 32.7 Å². The van der Waals surface area contributed by atoms with E-state index in [9.17, 15) is 44.6 Å². The highest BCUT2D eigenvalue weighted by atomic mass is 31.2. The van der Waals surface area contributed by atoms with E-state index in [4.69, 9.17) is 18.5 Å². The number of aliphatic hydroxyl groups excluding tert-OH is 5. The molecule has 1 rings (SSSR count). The number of ether oxygens (including phenoxy) is 2. The van der Waals surface area contributed by atoms with E-state index in [0.29, 0.717) is 12.8 Å². The van der Waals surface area contributed by atoms with Gasteiger partial charge in [0.15, 0.2) is 6.10 Å².